The van der Waals surface area contributed by atoms with Crippen LogP contribution in [0.25, 0.3) is 0 Å². The molecule has 0 aromatic carbocycles. The molecule has 84 valence electrons. The van der Waals surface area contributed by atoms with Gasteiger partial charge in [-0.15, -0.1) is 0 Å². The first-order chi connectivity index (χ1) is 6.59. The molecule has 0 spiro atoms. The molecular weight excluding hydrogens is 174 g/mol. The first-order valence-electron chi connectivity index (χ1n) is 5.94. The summed E-state index contributed by atoms with van der Waals surface area (Å²) in [6.45, 7) is 11.0. The minimum atomic E-state index is 0.459. The second kappa shape index (κ2) is 5.72. The van der Waals surface area contributed by atoms with Crippen LogP contribution in [0.4, 0.5) is 0 Å². The third kappa shape index (κ3) is 3.97. The van der Waals surface area contributed by atoms with Crippen molar-refractivity contribution in [1.82, 2.24) is 5.32 Å². The molecule has 0 aliphatic carbocycles. The van der Waals surface area contributed by atoms with E-state index < -0.39 is 0 Å². The highest BCUT2D eigenvalue weighted by atomic mass is 16.5. The van der Waals surface area contributed by atoms with Crippen molar-refractivity contribution < 1.29 is 4.74 Å². The van der Waals surface area contributed by atoms with Crippen LogP contribution in [0.5, 0.6) is 0 Å². The van der Waals surface area contributed by atoms with Crippen molar-refractivity contribution in [1.29, 1.82) is 0 Å². The molecule has 1 aliphatic rings. The van der Waals surface area contributed by atoms with Crippen LogP contribution in [0.2, 0.25) is 0 Å². The van der Waals surface area contributed by atoms with Gasteiger partial charge in [0.2, 0.25) is 0 Å². The monoisotopic (exact) mass is 199 g/mol. The van der Waals surface area contributed by atoms with Crippen molar-refractivity contribution in [3.63, 3.8) is 0 Å². The topological polar surface area (TPSA) is 21.3 Å². The molecule has 0 saturated carbocycles. The largest absolute Gasteiger partial charge is 0.377 e. The van der Waals surface area contributed by atoms with Gasteiger partial charge < -0.3 is 10.1 Å². The lowest BCUT2D eigenvalue weighted by Gasteiger charge is -2.15. The van der Waals surface area contributed by atoms with Crippen LogP contribution < -0.4 is 5.32 Å². The predicted octanol–water partition coefficient (Wildman–Crippen LogP) is 2.44. The van der Waals surface area contributed by atoms with Crippen LogP contribution in [0, 0.1) is 11.8 Å². The number of hydrogen-bond donors (Lipinski definition) is 1. The lowest BCUT2D eigenvalue weighted by Crippen LogP contribution is -2.26. The van der Waals surface area contributed by atoms with E-state index in [2.05, 4.69) is 33.0 Å². The lowest BCUT2D eigenvalue weighted by atomic mass is 10.0. The van der Waals surface area contributed by atoms with Gasteiger partial charge >= 0.3 is 0 Å². The van der Waals surface area contributed by atoms with Gasteiger partial charge in [0.25, 0.3) is 0 Å². The fraction of sp³-hybridized carbons (Fsp3) is 1.00. The van der Waals surface area contributed by atoms with E-state index in [9.17, 15) is 0 Å². The predicted molar refractivity (Wildman–Crippen MR) is 60.4 cm³/mol. The van der Waals surface area contributed by atoms with E-state index in [0.29, 0.717) is 12.1 Å². The Morgan fingerprint density at radius 3 is 2.50 bits per heavy atom. The molecule has 0 bridgehead atoms. The van der Waals surface area contributed by atoms with Crippen LogP contribution in [0.1, 0.15) is 40.5 Å². The lowest BCUT2D eigenvalue weighted by molar-refractivity contribution is 0.0573. The van der Waals surface area contributed by atoms with Gasteiger partial charge in [0.1, 0.15) is 0 Å². The SMILES string of the molecule is CC(C)CCO[C@@H]1CN[C@H](C(C)C)C1. The summed E-state index contributed by atoms with van der Waals surface area (Å²) in [6, 6.07) is 0.666. The van der Waals surface area contributed by atoms with E-state index in [1.54, 1.807) is 0 Å². The summed E-state index contributed by atoms with van der Waals surface area (Å²) >= 11 is 0. The third-order valence-electron chi connectivity index (χ3n) is 2.98. The number of rotatable bonds is 5. The normalized spacial score (nSPS) is 27.9. The van der Waals surface area contributed by atoms with E-state index >= 15 is 0 Å². The van der Waals surface area contributed by atoms with Crippen LogP contribution in [-0.2, 0) is 4.74 Å². The average Bonchev–Trinajstić information content (AvgIpc) is 2.52. The van der Waals surface area contributed by atoms with Crippen molar-refractivity contribution in [3.8, 4) is 0 Å². The van der Waals surface area contributed by atoms with Gasteiger partial charge in [0.05, 0.1) is 6.10 Å². The Balaban J connectivity index is 2.10. The highest BCUT2D eigenvalue weighted by Crippen LogP contribution is 2.17. The van der Waals surface area contributed by atoms with Gasteiger partial charge in [0.15, 0.2) is 0 Å². The van der Waals surface area contributed by atoms with Crippen molar-refractivity contribution in [2.45, 2.75) is 52.7 Å². The van der Waals surface area contributed by atoms with Gasteiger partial charge in [-0.3, -0.25) is 0 Å². The minimum absolute atomic E-state index is 0.459. The zero-order chi connectivity index (χ0) is 10.6. The molecule has 2 heteroatoms. The van der Waals surface area contributed by atoms with Crippen LogP contribution in [0.15, 0.2) is 0 Å². The maximum absolute atomic E-state index is 5.83. The quantitative estimate of drug-likeness (QED) is 0.734. The fourth-order valence-corrected chi connectivity index (χ4v) is 1.84. The summed E-state index contributed by atoms with van der Waals surface area (Å²) in [5.74, 6) is 1.49. The number of nitrogens with one attached hydrogen (secondary N) is 1. The summed E-state index contributed by atoms with van der Waals surface area (Å²) in [4.78, 5) is 0. The first kappa shape index (κ1) is 12.0. The zero-order valence-corrected chi connectivity index (χ0v) is 10.0. The van der Waals surface area contributed by atoms with Crippen LogP contribution in [0.3, 0.4) is 0 Å². The molecule has 2 nitrogen and oxygen atoms in total. The molecule has 2 atom stereocenters. The van der Waals surface area contributed by atoms with Gasteiger partial charge in [0, 0.05) is 19.2 Å². The van der Waals surface area contributed by atoms with Gasteiger partial charge in [-0.2, -0.15) is 0 Å². The van der Waals surface area contributed by atoms with Crippen molar-refractivity contribution in [2.75, 3.05) is 13.2 Å². The molecule has 1 rings (SSSR count). The Morgan fingerprint density at radius 1 is 1.29 bits per heavy atom. The molecule has 0 unspecified atom stereocenters. The zero-order valence-electron chi connectivity index (χ0n) is 10.0. The Morgan fingerprint density at radius 2 is 2.00 bits per heavy atom. The fourth-order valence-electron chi connectivity index (χ4n) is 1.84. The van der Waals surface area contributed by atoms with E-state index in [4.69, 9.17) is 4.74 Å². The minimum Gasteiger partial charge on any atom is -0.377 e. The summed E-state index contributed by atoms with van der Waals surface area (Å²) in [6.07, 6.45) is 2.83. The maximum Gasteiger partial charge on any atom is 0.0714 e. The number of hydrogen-bond acceptors (Lipinski definition) is 2. The first-order valence-corrected chi connectivity index (χ1v) is 5.94. The Kier molecular flexibility index (Phi) is 4.90. The molecule has 0 amide bonds. The Labute approximate surface area is 88.4 Å². The molecule has 1 saturated heterocycles. The summed E-state index contributed by atoms with van der Waals surface area (Å²) in [5.41, 5.74) is 0. The van der Waals surface area contributed by atoms with E-state index in [1.165, 1.54) is 12.8 Å². The standard InChI is InChI=1S/C12H25NO/c1-9(2)5-6-14-11-7-12(10(3)4)13-8-11/h9-13H,5-8H2,1-4H3/t11-,12-/m0/s1. The van der Waals surface area contributed by atoms with Gasteiger partial charge in [-0.25, -0.2) is 0 Å². The highest BCUT2D eigenvalue weighted by molar-refractivity contribution is 4.84. The molecule has 14 heavy (non-hydrogen) atoms. The number of ether oxygens (including phenoxy) is 1. The van der Waals surface area contributed by atoms with Crippen molar-refractivity contribution in [2.24, 2.45) is 11.8 Å². The Bertz CT molecular complexity index is 156. The second-order valence-corrected chi connectivity index (χ2v) is 5.17. The summed E-state index contributed by atoms with van der Waals surface area (Å²) < 4.78 is 5.83. The van der Waals surface area contributed by atoms with Crippen molar-refractivity contribution in [3.05, 3.63) is 0 Å². The second-order valence-electron chi connectivity index (χ2n) is 5.17. The molecular formula is C12H25NO. The van der Waals surface area contributed by atoms with Crippen LogP contribution in [-0.4, -0.2) is 25.3 Å². The van der Waals surface area contributed by atoms with E-state index in [-0.39, 0.29) is 0 Å². The summed E-state index contributed by atoms with van der Waals surface area (Å²) in [5, 5.41) is 3.52. The molecule has 0 aromatic rings. The van der Waals surface area contributed by atoms with E-state index in [0.717, 1.165) is 25.0 Å². The van der Waals surface area contributed by atoms with Gasteiger partial charge in [-0.05, 0) is 24.7 Å². The molecule has 0 radical (unpaired) electrons. The van der Waals surface area contributed by atoms with Crippen LogP contribution >= 0.6 is 0 Å². The summed E-state index contributed by atoms with van der Waals surface area (Å²) in [7, 11) is 0. The molecule has 1 N–H and O–H groups in total. The molecule has 1 heterocycles. The van der Waals surface area contributed by atoms with E-state index in [1.807, 2.05) is 0 Å². The smallest absolute Gasteiger partial charge is 0.0714 e. The van der Waals surface area contributed by atoms with Gasteiger partial charge in [-0.1, -0.05) is 27.7 Å². The highest BCUT2D eigenvalue weighted by Gasteiger charge is 2.26. The molecule has 1 fully saturated rings. The maximum atomic E-state index is 5.83. The molecule has 1 aliphatic heterocycles. The molecule has 0 aromatic heterocycles. The third-order valence-corrected chi connectivity index (χ3v) is 2.98. The van der Waals surface area contributed by atoms with Crippen molar-refractivity contribution >= 4 is 0 Å². The average molecular weight is 199 g/mol. The Hall–Kier alpha value is -0.0800.